The number of methoxy groups -OCH3 is 2. The molecule has 2 saturated heterocycles. The smallest absolute Gasteiger partial charge is 0.235 e. The van der Waals surface area contributed by atoms with Gasteiger partial charge in [-0.3, -0.25) is 29.4 Å². The number of aliphatic hydroxyl groups excluding tert-OH is 2. The normalized spacial score (nSPS) is 21.2. The minimum absolute atomic E-state index is 0.0986. The van der Waals surface area contributed by atoms with E-state index in [1.807, 2.05) is 46.2 Å². The van der Waals surface area contributed by atoms with Gasteiger partial charge < -0.3 is 41.0 Å². The molecule has 2 aromatic carbocycles. The summed E-state index contributed by atoms with van der Waals surface area (Å²) >= 11 is 15.6. The summed E-state index contributed by atoms with van der Waals surface area (Å²) in [5, 5.41) is 36.6. The van der Waals surface area contributed by atoms with Crippen molar-refractivity contribution in [3.63, 3.8) is 0 Å². The molecule has 4 aliphatic rings. The van der Waals surface area contributed by atoms with E-state index in [4.69, 9.17) is 32.7 Å². The number of nitrogens with zero attached hydrogens (tertiary/aromatic N) is 6. The molecule has 10 rings (SSSR count). The molecule has 72 heavy (non-hydrogen) atoms. The highest BCUT2D eigenvalue weighted by Gasteiger charge is 2.33. The van der Waals surface area contributed by atoms with E-state index in [1.54, 1.807) is 50.9 Å². The molecule has 16 nitrogen and oxygen atoms in total. The van der Waals surface area contributed by atoms with E-state index in [2.05, 4.69) is 41.2 Å². The lowest BCUT2D eigenvalue weighted by Crippen LogP contribution is -2.51. The number of ether oxygens (including phenoxy) is 2. The molecule has 4 aromatic heterocycles. The topological polar surface area (TPSA) is 199 Å². The summed E-state index contributed by atoms with van der Waals surface area (Å²) in [7, 11) is 3.19. The zero-order valence-corrected chi connectivity index (χ0v) is 42.6. The number of amides is 2. The predicted molar refractivity (Wildman–Crippen MR) is 277 cm³/mol. The van der Waals surface area contributed by atoms with Crippen LogP contribution >= 0.6 is 46.7 Å². The largest absolute Gasteiger partial charge is 0.497 e. The number of hydrogen-bond acceptors (Lipinski definition) is 16. The summed E-state index contributed by atoms with van der Waals surface area (Å²) in [5.74, 6) is 2.86. The number of nitrogens with one attached hydrogen (secondary N) is 4. The van der Waals surface area contributed by atoms with Gasteiger partial charge in [0.1, 0.15) is 35.5 Å². The number of benzene rings is 2. The van der Waals surface area contributed by atoms with Crippen LogP contribution in [-0.2, 0) is 22.7 Å². The first-order valence-electron chi connectivity index (χ1n) is 23.5. The highest BCUT2D eigenvalue weighted by molar-refractivity contribution is 8.00. The van der Waals surface area contributed by atoms with Crippen LogP contribution in [0.4, 0.5) is 20.4 Å². The number of aliphatic hydroxyl groups is 2. The van der Waals surface area contributed by atoms with Gasteiger partial charge in [-0.15, -0.1) is 23.5 Å². The minimum atomic E-state index is -1.12. The Labute approximate surface area is 433 Å². The second-order valence-electron chi connectivity index (χ2n) is 17.9. The Morgan fingerprint density at radius 3 is 1.53 bits per heavy atom. The van der Waals surface area contributed by atoms with Crippen molar-refractivity contribution in [1.29, 1.82) is 0 Å². The number of anilines is 2. The average molecular weight is 1060 g/mol. The first kappa shape index (κ1) is 51.9. The number of piperidine rings is 2. The Bertz CT molecular complexity index is 2760. The van der Waals surface area contributed by atoms with Crippen LogP contribution in [0.1, 0.15) is 47.6 Å². The Morgan fingerprint density at radius 2 is 1.12 bits per heavy atom. The molecule has 4 aliphatic heterocycles. The van der Waals surface area contributed by atoms with Crippen LogP contribution in [0.2, 0.25) is 10.0 Å². The van der Waals surface area contributed by atoms with Gasteiger partial charge in [-0.25, -0.2) is 18.7 Å². The molecule has 0 bridgehead atoms. The average Bonchev–Trinajstić information content (AvgIpc) is 3.38. The van der Waals surface area contributed by atoms with Gasteiger partial charge in [-0.2, -0.15) is 0 Å². The molecule has 6 N–H and O–H groups in total. The van der Waals surface area contributed by atoms with Gasteiger partial charge in [-0.1, -0.05) is 23.2 Å². The molecule has 0 saturated carbocycles. The fraction of sp³-hybridized carbons (Fsp3) is 0.400. The van der Waals surface area contributed by atoms with E-state index in [-0.39, 0.29) is 37.0 Å². The number of pyridine rings is 4. The van der Waals surface area contributed by atoms with Crippen molar-refractivity contribution in [2.75, 3.05) is 75.6 Å². The molecule has 0 spiro atoms. The summed E-state index contributed by atoms with van der Waals surface area (Å²) in [6.45, 7) is 2.92. The van der Waals surface area contributed by atoms with Gasteiger partial charge in [0.25, 0.3) is 0 Å². The summed E-state index contributed by atoms with van der Waals surface area (Å²) in [6, 6.07) is 17.6. The molecule has 2 fully saturated rings. The van der Waals surface area contributed by atoms with Crippen molar-refractivity contribution >= 4 is 92.0 Å². The molecular formula is C50H54Cl2F2N10O6S2. The lowest BCUT2D eigenvalue weighted by atomic mass is 10.00. The van der Waals surface area contributed by atoms with E-state index in [1.165, 1.54) is 23.5 Å². The maximum atomic E-state index is 15.1. The van der Waals surface area contributed by atoms with Gasteiger partial charge in [-0.05, 0) is 97.7 Å². The van der Waals surface area contributed by atoms with Crippen molar-refractivity contribution in [3.8, 4) is 11.5 Å². The van der Waals surface area contributed by atoms with Crippen molar-refractivity contribution in [2.24, 2.45) is 0 Å². The Hall–Kier alpha value is -5.00. The van der Waals surface area contributed by atoms with E-state index in [0.29, 0.717) is 108 Å². The first-order chi connectivity index (χ1) is 34.8. The lowest BCUT2D eigenvalue weighted by Gasteiger charge is -2.36. The van der Waals surface area contributed by atoms with Crippen molar-refractivity contribution in [2.45, 2.75) is 72.4 Å². The Morgan fingerprint density at radius 1 is 0.694 bits per heavy atom. The van der Waals surface area contributed by atoms with Gasteiger partial charge in [0.2, 0.25) is 11.8 Å². The molecule has 0 radical (unpaired) electrons. The standard InChI is InChI=1S/2C25H27ClFN5O3S/c2*1-35-14-2-3-19-16(8-14)15(4-6-28-19)22(33)12-32-7-5-20(18(27)11-32)29-10-21-17(26)9-23-25(30-21)31-24(34)13-36-23/h2*2-4,6,8-9,18,20,22,29,33H,5,7,10-13H2,1H3,(H,30,31,34)/t18-,20+,22+;18-,20+,22-/m10/s1. The van der Waals surface area contributed by atoms with Crippen LogP contribution in [0.15, 0.2) is 82.8 Å². The number of hydrogen-bond donors (Lipinski definition) is 6. The van der Waals surface area contributed by atoms with Crippen LogP contribution in [0.25, 0.3) is 21.8 Å². The van der Waals surface area contributed by atoms with Gasteiger partial charge in [0.15, 0.2) is 0 Å². The molecule has 0 unspecified atom stereocenters. The Kier molecular flexibility index (Phi) is 16.9. The van der Waals surface area contributed by atoms with Crippen LogP contribution < -0.4 is 30.7 Å². The second kappa shape index (κ2) is 23.5. The maximum Gasteiger partial charge on any atom is 0.235 e. The fourth-order valence-electron chi connectivity index (χ4n) is 9.29. The summed E-state index contributed by atoms with van der Waals surface area (Å²) in [4.78, 5) is 46.5. The zero-order chi connectivity index (χ0) is 50.5. The number of carbonyl (C=O) groups is 2. The molecule has 6 atom stereocenters. The monoisotopic (exact) mass is 1060 g/mol. The first-order valence-corrected chi connectivity index (χ1v) is 26.2. The third-order valence-corrected chi connectivity index (χ3v) is 15.8. The molecule has 0 aliphatic carbocycles. The van der Waals surface area contributed by atoms with Crippen molar-refractivity contribution in [1.82, 2.24) is 40.4 Å². The quantitative estimate of drug-likeness (QED) is 0.0643. The molecule has 380 valence electrons. The number of rotatable bonds is 14. The number of halogens is 4. The highest BCUT2D eigenvalue weighted by Crippen LogP contribution is 2.36. The SMILES string of the molecule is COc1ccc2nccc([C@@H](O)CN3CC[C@@H](NCc4nc5c(cc4Cl)SCC(=O)N5)[C@@H](F)C3)c2c1.COc1ccc2nccc([C@@H](O)CN3CC[C@H](NCc4nc5c(cc4Cl)SCC(=O)N5)[C@H](F)C3)c2c1. The summed E-state index contributed by atoms with van der Waals surface area (Å²) < 4.78 is 40.8. The van der Waals surface area contributed by atoms with E-state index < -0.39 is 24.6 Å². The number of alkyl halides is 2. The number of thioether (sulfide) groups is 2. The minimum Gasteiger partial charge on any atom is -0.497 e. The number of aromatic nitrogens is 4. The molecule has 2 amide bonds. The molecular weight excluding hydrogens is 1010 g/mol. The fourth-order valence-corrected chi connectivity index (χ4v) is 11.4. The lowest BCUT2D eigenvalue weighted by molar-refractivity contribution is -0.114. The maximum absolute atomic E-state index is 15.1. The molecule has 6 aromatic rings. The predicted octanol–water partition coefficient (Wildman–Crippen LogP) is 7.14. The van der Waals surface area contributed by atoms with Crippen LogP contribution in [0.5, 0.6) is 11.5 Å². The van der Waals surface area contributed by atoms with Crippen LogP contribution in [-0.4, -0.2) is 141 Å². The Balaban J connectivity index is 0.000000178. The molecule has 22 heteroatoms. The zero-order valence-electron chi connectivity index (χ0n) is 39.4. The third-order valence-electron chi connectivity index (χ3n) is 13.1. The number of carbonyl (C=O) groups excluding carboxylic acids is 2. The summed E-state index contributed by atoms with van der Waals surface area (Å²) in [6.07, 6.45) is 0.689. The van der Waals surface area contributed by atoms with E-state index in [9.17, 15) is 19.8 Å². The second-order valence-corrected chi connectivity index (χ2v) is 20.8. The van der Waals surface area contributed by atoms with Crippen molar-refractivity contribution in [3.05, 3.63) is 106 Å². The summed E-state index contributed by atoms with van der Waals surface area (Å²) in [5.41, 5.74) is 4.17. The van der Waals surface area contributed by atoms with Crippen molar-refractivity contribution < 1.29 is 38.1 Å². The van der Waals surface area contributed by atoms with Gasteiger partial charge in [0, 0.05) is 74.5 Å². The number of fused-ring (bicyclic) bond motifs is 4. The van der Waals surface area contributed by atoms with Gasteiger partial charge >= 0.3 is 0 Å². The van der Waals surface area contributed by atoms with E-state index in [0.717, 1.165) is 42.7 Å². The van der Waals surface area contributed by atoms with Crippen LogP contribution in [0, 0.1) is 0 Å². The van der Waals surface area contributed by atoms with E-state index >= 15 is 8.78 Å². The molecule has 8 heterocycles. The third kappa shape index (κ3) is 12.3. The number of likely N-dealkylation sites (tertiary alicyclic amines) is 2. The van der Waals surface area contributed by atoms with Gasteiger partial charge in [0.05, 0.1) is 80.2 Å². The van der Waals surface area contributed by atoms with Crippen LogP contribution in [0.3, 0.4) is 0 Å². The highest BCUT2D eigenvalue weighted by atomic mass is 35.5. The number of β-amino-alcohol motifs (C(OH)–C–C–N with tert-alkyl or cyclic N) is 2.